The number of rotatable bonds is 4. The van der Waals surface area contributed by atoms with E-state index in [0.717, 1.165) is 6.42 Å². The molecular formula is C12H19NO. The molecule has 2 nitrogen and oxygen atoms in total. The van der Waals surface area contributed by atoms with Gasteiger partial charge in [0, 0.05) is 13.2 Å². The first-order valence-corrected chi connectivity index (χ1v) is 5.04. The van der Waals surface area contributed by atoms with E-state index in [9.17, 15) is 0 Å². The molecule has 0 spiro atoms. The summed E-state index contributed by atoms with van der Waals surface area (Å²) in [7, 11) is 1.71. The molecule has 0 radical (unpaired) electrons. The maximum Gasteiger partial charge on any atom is 0.0971 e. The first kappa shape index (κ1) is 11.2. The number of ether oxygens (including phenoxy) is 1. The van der Waals surface area contributed by atoms with Crippen LogP contribution >= 0.6 is 0 Å². The molecule has 2 atom stereocenters. The summed E-state index contributed by atoms with van der Waals surface area (Å²) < 4.78 is 5.42. The van der Waals surface area contributed by atoms with E-state index >= 15 is 0 Å². The topological polar surface area (TPSA) is 35.2 Å². The van der Waals surface area contributed by atoms with Crippen LogP contribution in [-0.4, -0.2) is 13.2 Å². The van der Waals surface area contributed by atoms with E-state index in [4.69, 9.17) is 10.5 Å². The van der Waals surface area contributed by atoms with Gasteiger partial charge in [0.15, 0.2) is 0 Å². The van der Waals surface area contributed by atoms with Gasteiger partial charge in [-0.15, -0.1) is 0 Å². The van der Waals surface area contributed by atoms with Gasteiger partial charge < -0.3 is 10.5 Å². The van der Waals surface area contributed by atoms with E-state index in [1.807, 2.05) is 6.07 Å². The zero-order chi connectivity index (χ0) is 10.6. The van der Waals surface area contributed by atoms with Crippen molar-refractivity contribution in [3.8, 4) is 0 Å². The van der Waals surface area contributed by atoms with Crippen LogP contribution in [0.1, 0.15) is 30.6 Å². The van der Waals surface area contributed by atoms with E-state index in [2.05, 4.69) is 32.0 Å². The number of methoxy groups -OCH3 is 1. The number of benzene rings is 1. The average molecular weight is 193 g/mol. The number of aryl methyl sites for hydroxylation is 1. The summed E-state index contributed by atoms with van der Waals surface area (Å²) >= 11 is 0. The maximum absolute atomic E-state index is 5.98. The summed E-state index contributed by atoms with van der Waals surface area (Å²) in [5, 5.41) is 0. The Labute approximate surface area is 86.1 Å². The van der Waals surface area contributed by atoms with Gasteiger partial charge in [0.05, 0.1) is 6.10 Å². The fourth-order valence-corrected chi connectivity index (χ4v) is 1.62. The van der Waals surface area contributed by atoms with Gasteiger partial charge in [-0.1, -0.05) is 36.8 Å². The molecule has 2 heteroatoms. The highest BCUT2D eigenvalue weighted by molar-refractivity contribution is 5.25. The third kappa shape index (κ3) is 2.56. The Morgan fingerprint density at radius 2 is 2.14 bits per heavy atom. The SMILES string of the molecule is CCC(N)C(OC)c1cccc(C)c1. The van der Waals surface area contributed by atoms with Crippen LogP contribution in [-0.2, 0) is 4.74 Å². The summed E-state index contributed by atoms with van der Waals surface area (Å²) in [6.07, 6.45) is 0.937. The lowest BCUT2D eigenvalue weighted by molar-refractivity contribution is 0.0791. The molecule has 1 aromatic rings. The van der Waals surface area contributed by atoms with Gasteiger partial charge in [-0.05, 0) is 18.9 Å². The molecule has 14 heavy (non-hydrogen) atoms. The normalized spacial score (nSPS) is 15.1. The summed E-state index contributed by atoms with van der Waals surface area (Å²) in [6, 6.07) is 8.38. The van der Waals surface area contributed by atoms with Crippen molar-refractivity contribution in [3.63, 3.8) is 0 Å². The minimum Gasteiger partial charge on any atom is -0.375 e. The zero-order valence-electron chi connectivity index (χ0n) is 9.16. The van der Waals surface area contributed by atoms with Crippen molar-refractivity contribution in [1.29, 1.82) is 0 Å². The molecule has 0 saturated carbocycles. The third-order valence-electron chi connectivity index (χ3n) is 2.48. The Kier molecular flexibility index (Phi) is 4.11. The Balaban J connectivity index is 2.89. The largest absolute Gasteiger partial charge is 0.375 e. The van der Waals surface area contributed by atoms with Gasteiger partial charge >= 0.3 is 0 Å². The quantitative estimate of drug-likeness (QED) is 0.797. The van der Waals surface area contributed by atoms with Crippen LogP contribution in [0, 0.1) is 6.92 Å². The molecule has 0 aliphatic rings. The summed E-state index contributed by atoms with van der Waals surface area (Å²) in [5.74, 6) is 0. The molecule has 78 valence electrons. The standard InChI is InChI=1S/C12H19NO/c1-4-11(13)12(14-3)10-7-5-6-9(2)8-10/h5-8,11-12H,4,13H2,1-3H3. The lowest BCUT2D eigenvalue weighted by Crippen LogP contribution is -2.28. The lowest BCUT2D eigenvalue weighted by Gasteiger charge is -2.22. The second-order valence-electron chi connectivity index (χ2n) is 3.64. The molecule has 0 bridgehead atoms. The lowest BCUT2D eigenvalue weighted by atomic mass is 9.99. The van der Waals surface area contributed by atoms with Gasteiger partial charge in [-0.2, -0.15) is 0 Å². The van der Waals surface area contributed by atoms with Crippen LogP contribution in [0.4, 0.5) is 0 Å². The molecule has 0 saturated heterocycles. The van der Waals surface area contributed by atoms with Crippen LogP contribution in [0.5, 0.6) is 0 Å². The fraction of sp³-hybridized carbons (Fsp3) is 0.500. The van der Waals surface area contributed by atoms with Gasteiger partial charge in [0.2, 0.25) is 0 Å². The van der Waals surface area contributed by atoms with E-state index in [0.29, 0.717) is 0 Å². The molecule has 1 aromatic carbocycles. The van der Waals surface area contributed by atoms with Crippen molar-refractivity contribution < 1.29 is 4.74 Å². The number of hydrogen-bond acceptors (Lipinski definition) is 2. The van der Waals surface area contributed by atoms with Crippen molar-refractivity contribution >= 4 is 0 Å². The number of hydrogen-bond donors (Lipinski definition) is 1. The molecule has 0 aliphatic carbocycles. The van der Waals surface area contributed by atoms with Crippen molar-refractivity contribution in [3.05, 3.63) is 35.4 Å². The molecule has 2 N–H and O–H groups in total. The van der Waals surface area contributed by atoms with Gasteiger partial charge in [-0.3, -0.25) is 0 Å². The Morgan fingerprint density at radius 1 is 1.43 bits per heavy atom. The minimum absolute atomic E-state index is 0.0138. The molecular weight excluding hydrogens is 174 g/mol. The van der Waals surface area contributed by atoms with Crippen LogP contribution < -0.4 is 5.73 Å². The molecule has 2 unspecified atom stereocenters. The first-order chi connectivity index (χ1) is 6.69. The Hall–Kier alpha value is -0.860. The van der Waals surface area contributed by atoms with Crippen LogP contribution in [0.2, 0.25) is 0 Å². The molecule has 0 amide bonds. The molecule has 0 fully saturated rings. The second-order valence-corrected chi connectivity index (χ2v) is 3.64. The van der Waals surface area contributed by atoms with Crippen molar-refractivity contribution in [2.45, 2.75) is 32.4 Å². The van der Waals surface area contributed by atoms with Crippen LogP contribution in [0.3, 0.4) is 0 Å². The van der Waals surface area contributed by atoms with E-state index in [1.165, 1.54) is 11.1 Å². The zero-order valence-corrected chi connectivity index (χ0v) is 9.16. The fourth-order valence-electron chi connectivity index (χ4n) is 1.62. The van der Waals surface area contributed by atoms with Gasteiger partial charge in [0.25, 0.3) is 0 Å². The minimum atomic E-state index is 0.0138. The highest BCUT2D eigenvalue weighted by atomic mass is 16.5. The monoisotopic (exact) mass is 193 g/mol. The van der Waals surface area contributed by atoms with Gasteiger partial charge in [0.1, 0.15) is 0 Å². The summed E-state index contributed by atoms with van der Waals surface area (Å²) in [5.41, 5.74) is 8.40. The predicted octanol–water partition coefficient (Wildman–Crippen LogP) is 2.42. The molecule has 0 aromatic heterocycles. The summed E-state index contributed by atoms with van der Waals surface area (Å²) in [4.78, 5) is 0. The van der Waals surface area contributed by atoms with Gasteiger partial charge in [-0.25, -0.2) is 0 Å². The van der Waals surface area contributed by atoms with Crippen LogP contribution in [0.25, 0.3) is 0 Å². The van der Waals surface area contributed by atoms with E-state index in [1.54, 1.807) is 7.11 Å². The second kappa shape index (κ2) is 5.13. The summed E-state index contributed by atoms with van der Waals surface area (Å²) in [6.45, 7) is 4.15. The van der Waals surface area contributed by atoms with Crippen molar-refractivity contribution in [2.24, 2.45) is 5.73 Å². The average Bonchev–Trinajstić information content (AvgIpc) is 2.19. The molecule has 0 heterocycles. The maximum atomic E-state index is 5.98. The Bertz CT molecular complexity index is 285. The first-order valence-electron chi connectivity index (χ1n) is 5.04. The third-order valence-corrected chi connectivity index (χ3v) is 2.48. The van der Waals surface area contributed by atoms with Crippen molar-refractivity contribution in [2.75, 3.05) is 7.11 Å². The molecule has 1 rings (SSSR count). The van der Waals surface area contributed by atoms with Crippen molar-refractivity contribution in [1.82, 2.24) is 0 Å². The highest BCUT2D eigenvalue weighted by Gasteiger charge is 2.17. The van der Waals surface area contributed by atoms with Crippen LogP contribution in [0.15, 0.2) is 24.3 Å². The predicted molar refractivity (Wildman–Crippen MR) is 59.2 cm³/mol. The van der Waals surface area contributed by atoms with E-state index in [-0.39, 0.29) is 12.1 Å². The highest BCUT2D eigenvalue weighted by Crippen LogP contribution is 2.21. The molecule has 0 aliphatic heterocycles. The van der Waals surface area contributed by atoms with E-state index < -0.39 is 0 Å². The number of nitrogens with two attached hydrogens (primary N) is 1. The smallest absolute Gasteiger partial charge is 0.0971 e. The Morgan fingerprint density at radius 3 is 2.64 bits per heavy atom.